The van der Waals surface area contributed by atoms with Gasteiger partial charge >= 0.3 is 10.6 Å². The lowest BCUT2D eigenvalue weighted by Crippen LogP contribution is -2.28. The highest BCUT2D eigenvalue weighted by molar-refractivity contribution is 7.03. The standard InChI is InChI=1S/C7H12N2O2S/c1-4-8-6(10)9(5(2)3)12-7(8)11/h5H,4H2,1-3H3. The number of aromatic nitrogens is 2. The van der Waals surface area contributed by atoms with Crippen LogP contribution >= 0.6 is 11.5 Å². The summed E-state index contributed by atoms with van der Waals surface area (Å²) in [5, 5.41) is 0. The van der Waals surface area contributed by atoms with Gasteiger partial charge in [0.1, 0.15) is 0 Å². The predicted octanol–water partition coefficient (Wildman–Crippen LogP) is 0.672. The number of rotatable bonds is 2. The highest BCUT2D eigenvalue weighted by Gasteiger charge is 2.09. The molecule has 0 N–H and O–H groups in total. The van der Waals surface area contributed by atoms with Gasteiger partial charge in [-0.2, -0.15) is 0 Å². The van der Waals surface area contributed by atoms with Crippen molar-refractivity contribution in [3.05, 3.63) is 20.2 Å². The summed E-state index contributed by atoms with van der Waals surface area (Å²) in [6.07, 6.45) is 0. The molecule has 5 heteroatoms. The lowest BCUT2D eigenvalue weighted by molar-refractivity contribution is 0.582. The van der Waals surface area contributed by atoms with Crippen molar-refractivity contribution in [1.82, 2.24) is 8.52 Å². The molecule has 1 heterocycles. The lowest BCUT2D eigenvalue weighted by Gasteiger charge is -2.00. The minimum atomic E-state index is -0.192. The van der Waals surface area contributed by atoms with E-state index in [0.717, 1.165) is 11.5 Å². The van der Waals surface area contributed by atoms with E-state index in [2.05, 4.69) is 0 Å². The molecule has 0 saturated heterocycles. The molecule has 0 bridgehead atoms. The van der Waals surface area contributed by atoms with Crippen LogP contribution in [0, 0.1) is 0 Å². The van der Waals surface area contributed by atoms with Gasteiger partial charge < -0.3 is 0 Å². The summed E-state index contributed by atoms with van der Waals surface area (Å²) in [7, 11) is 0. The summed E-state index contributed by atoms with van der Waals surface area (Å²) in [5.74, 6) is 0. The van der Waals surface area contributed by atoms with Gasteiger partial charge in [0.15, 0.2) is 0 Å². The molecule has 0 atom stereocenters. The SMILES string of the molecule is CCn1c(=O)sn(C(C)C)c1=O. The molecule has 0 aromatic carbocycles. The Kier molecular flexibility index (Phi) is 2.52. The van der Waals surface area contributed by atoms with Crippen LogP contribution in [-0.2, 0) is 6.54 Å². The number of hydrogen-bond acceptors (Lipinski definition) is 3. The van der Waals surface area contributed by atoms with Crippen molar-refractivity contribution in [3.8, 4) is 0 Å². The molecule has 1 aromatic heterocycles. The van der Waals surface area contributed by atoms with E-state index in [1.165, 1.54) is 8.52 Å². The summed E-state index contributed by atoms with van der Waals surface area (Å²) in [6, 6.07) is 0.0722. The van der Waals surface area contributed by atoms with Gasteiger partial charge in [0.2, 0.25) is 0 Å². The van der Waals surface area contributed by atoms with Gasteiger partial charge in [0.05, 0.1) is 0 Å². The monoisotopic (exact) mass is 188 g/mol. The highest BCUT2D eigenvalue weighted by Crippen LogP contribution is 2.00. The molecule has 0 aliphatic heterocycles. The minimum absolute atomic E-state index is 0.0722. The Morgan fingerprint density at radius 3 is 2.25 bits per heavy atom. The molecule has 0 aliphatic rings. The van der Waals surface area contributed by atoms with Crippen molar-refractivity contribution in [1.29, 1.82) is 0 Å². The zero-order valence-corrected chi connectivity index (χ0v) is 8.22. The van der Waals surface area contributed by atoms with E-state index in [4.69, 9.17) is 0 Å². The van der Waals surface area contributed by atoms with Crippen LogP contribution < -0.4 is 10.6 Å². The molecule has 1 rings (SSSR count). The van der Waals surface area contributed by atoms with Crippen molar-refractivity contribution >= 4 is 11.5 Å². The lowest BCUT2D eigenvalue weighted by atomic mass is 10.4. The smallest absolute Gasteiger partial charge is 0.255 e. The second kappa shape index (κ2) is 3.26. The molecule has 0 saturated carbocycles. The maximum atomic E-state index is 11.4. The normalized spacial score (nSPS) is 11.0. The Bertz CT molecular complexity index is 371. The van der Waals surface area contributed by atoms with E-state index in [-0.39, 0.29) is 16.6 Å². The highest BCUT2D eigenvalue weighted by atomic mass is 32.1. The van der Waals surface area contributed by atoms with Crippen molar-refractivity contribution in [2.75, 3.05) is 0 Å². The van der Waals surface area contributed by atoms with Gasteiger partial charge in [-0.05, 0) is 20.8 Å². The first kappa shape index (κ1) is 9.25. The van der Waals surface area contributed by atoms with Crippen LogP contribution in [0.25, 0.3) is 0 Å². The van der Waals surface area contributed by atoms with Gasteiger partial charge in [-0.3, -0.25) is 4.79 Å². The molecule has 0 fully saturated rings. The van der Waals surface area contributed by atoms with E-state index in [1.807, 2.05) is 13.8 Å². The van der Waals surface area contributed by atoms with E-state index < -0.39 is 0 Å². The topological polar surface area (TPSA) is 44.0 Å². The van der Waals surface area contributed by atoms with E-state index in [0.29, 0.717) is 6.54 Å². The fraction of sp³-hybridized carbons (Fsp3) is 0.714. The summed E-state index contributed by atoms with van der Waals surface area (Å²) in [6.45, 7) is 6.02. The number of nitrogens with zero attached hydrogens (tertiary/aromatic N) is 2. The van der Waals surface area contributed by atoms with Crippen LogP contribution in [0.15, 0.2) is 9.59 Å². The maximum absolute atomic E-state index is 11.4. The fourth-order valence-electron chi connectivity index (χ4n) is 0.960. The molecule has 0 amide bonds. The summed E-state index contributed by atoms with van der Waals surface area (Å²) >= 11 is 0.985. The molecule has 0 aliphatic carbocycles. The summed E-state index contributed by atoms with van der Waals surface area (Å²) < 4.78 is 2.73. The van der Waals surface area contributed by atoms with Crippen molar-refractivity contribution in [2.24, 2.45) is 0 Å². The zero-order valence-electron chi connectivity index (χ0n) is 7.40. The van der Waals surface area contributed by atoms with Crippen molar-refractivity contribution in [3.63, 3.8) is 0 Å². The van der Waals surface area contributed by atoms with Crippen LogP contribution in [0.1, 0.15) is 26.8 Å². The summed E-state index contributed by atoms with van der Waals surface area (Å²) in [4.78, 5) is 22.4. The van der Waals surface area contributed by atoms with E-state index >= 15 is 0 Å². The third kappa shape index (κ3) is 1.36. The zero-order chi connectivity index (χ0) is 9.30. The Balaban J connectivity index is 3.37. The molecule has 0 spiro atoms. The Morgan fingerprint density at radius 2 is 2.00 bits per heavy atom. The molecule has 68 valence electrons. The quantitative estimate of drug-likeness (QED) is 0.684. The second-order valence-electron chi connectivity index (χ2n) is 2.80. The van der Waals surface area contributed by atoms with Crippen LogP contribution in [0.5, 0.6) is 0 Å². The Morgan fingerprint density at radius 1 is 1.42 bits per heavy atom. The van der Waals surface area contributed by atoms with Gasteiger partial charge in [-0.1, -0.05) is 0 Å². The maximum Gasteiger partial charge on any atom is 0.341 e. The van der Waals surface area contributed by atoms with Crippen LogP contribution in [0.3, 0.4) is 0 Å². The van der Waals surface area contributed by atoms with E-state index in [9.17, 15) is 9.59 Å². The predicted molar refractivity (Wildman–Crippen MR) is 48.9 cm³/mol. The molecule has 0 radical (unpaired) electrons. The van der Waals surface area contributed by atoms with Crippen LogP contribution in [-0.4, -0.2) is 8.52 Å². The van der Waals surface area contributed by atoms with Crippen molar-refractivity contribution < 1.29 is 0 Å². The second-order valence-corrected chi connectivity index (χ2v) is 3.73. The van der Waals surface area contributed by atoms with Crippen molar-refractivity contribution in [2.45, 2.75) is 33.4 Å². The molecule has 4 nitrogen and oxygen atoms in total. The Hall–Kier alpha value is -0.840. The third-order valence-corrected chi connectivity index (χ3v) is 2.75. The fourth-order valence-corrected chi connectivity index (χ4v) is 1.82. The summed E-state index contributed by atoms with van der Waals surface area (Å²) in [5.41, 5.74) is -0.192. The first-order valence-electron chi connectivity index (χ1n) is 3.90. The van der Waals surface area contributed by atoms with Crippen LogP contribution in [0.2, 0.25) is 0 Å². The average molecular weight is 188 g/mol. The molecule has 12 heavy (non-hydrogen) atoms. The number of hydrogen-bond donors (Lipinski definition) is 0. The van der Waals surface area contributed by atoms with Gasteiger partial charge in [-0.25, -0.2) is 13.3 Å². The van der Waals surface area contributed by atoms with E-state index in [1.54, 1.807) is 6.92 Å². The first-order chi connectivity index (χ1) is 5.57. The first-order valence-corrected chi connectivity index (χ1v) is 4.68. The van der Waals surface area contributed by atoms with Crippen LogP contribution in [0.4, 0.5) is 0 Å². The third-order valence-electron chi connectivity index (χ3n) is 1.60. The van der Waals surface area contributed by atoms with Gasteiger partial charge in [0, 0.05) is 24.1 Å². The van der Waals surface area contributed by atoms with Gasteiger partial charge in [0.25, 0.3) is 0 Å². The van der Waals surface area contributed by atoms with Gasteiger partial charge in [-0.15, -0.1) is 0 Å². The molecule has 0 unspecified atom stereocenters. The molecule has 1 aromatic rings. The molecular formula is C7H12N2O2S. The molecular weight excluding hydrogens is 176 g/mol. The minimum Gasteiger partial charge on any atom is -0.255 e. The largest absolute Gasteiger partial charge is 0.341 e. The average Bonchev–Trinajstić information content (AvgIpc) is 2.27. The Labute approximate surface area is 74.2 Å².